The number of benzene rings is 2. The molecule has 4 nitrogen and oxygen atoms in total. The molecule has 0 unspecified atom stereocenters. The molecule has 154 valence electrons. The van der Waals surface area contributed by atoms with Gasteiger partial charge in [0.2, 0.25) is 5.91 Å². The van der Waals surface area contributed by atoms with Crippen LogP contribution in [0.2, 0.25) is 5.02 Å². The predicted octanol–water partition coefficient (Wildman–Crippen LogP) is 5.91. The molecule has 0 radical (unpaired) electrons. The third kappa shape index (κ3) is 6.05. The first-order valence-corrected chi connectivity index (χ1v) is 11.1. The van der Waals surface area contributed by atoms with E-state index in [-0.39, 0.29) is 18.2 Å². The highest BCUT2D eigenvalue weighted by Crippen LogP contribution is 2.32. The molecule has 1 aliphatic rings. The Morgan fingerprint density at radius 3 is 2.60 bits per heavy atom. The molecule has 1 aliphatic heterocycles. The second kappa shape index (κ2) is 10.6. The number of amides is 2. The molecule has 1 N–H and O–H groups in total. The number of hydrogen-bond donors (Lipinski definition) is 1. The Balaban J connectivity index is 1.54. The van der Waals surface area contributed by atoms with Crippen molar-refractivity contribution < 1.29 is 9.59 Å². The van der Waals surface area contributed by atoms with Gasteiger partial charge in [0, 0.05) is 13.0 Å². The van der Waals surface area contributed by atoms with E-state index in [1.165, 1.54) is 11.8 Å². The lowest BCUT2D eigenvalue weighted by Gasteiger charge is -2.14. The van der Waals surface area contributed by atoms with Crippen LogP contribution in [-0.4, -0.2) is 27.6 Å². The Kier molecular flexibility index (Phi) is 7.85. The van der Waals surface area contributed by atoms with Crippen LogP contribution >= 0.6 is 35.6 Å². The van der Waals surface area contributed by atoms with E-state index in [1.807, 2.05) is 55.5 Å². The van der Waals surface area contributed by atoms with Crippen molar-refractivity contribution in [2.75, 3.05) is 11.9 Å². The molecular formula is C23H21ClN2O2S2. The molecule has 7 heteroatoms. The molecule has 0 bridgehead atoms. The fourth-order valence-electron chi connectivity index (χ4n) is 2.93. The predicted molar refractivity (Wildman–Crippen MR) is 129 cm³/mol. The molecule has 0 atom stereocenters. The molecule has 0 aliphatic carbocycles. The van der Waals surface area contributed by atoms with Gasteiger partial charge in [-0.1, -0.05) is 84.1 Å². The Hall–Kier alpha value is -2.41. The van der Waals surface area contributed by atoms with E-state index in [2.05, 4.69) is 5.32 Å². The highest BCUT2D eigenvalue weighted by Gasteiger charge is 2.31. The minimum atomic E-state index is -0.147. The largest absolute Gasteiger partial charge is 0.325 e. The summed E-state index contributed by atoms with van der Waals surface area (Å²) in [6, 6.07) is 17.0. The minimum Gasteiger partial charge on any atom is -0.325 e. The van der Waals surface area contributed by atoms with Gasteiger partial charge in [-0.15, -0.1) is 0 Å². The maximum Gasteiger partial charge on any atom is 0.266 e. The zero-order valence-electron chi connectivity index (χ0n) is 16.4. The number of para-hydroxylation sites is 1. The van der Waals surface area contributed by atoms with Crippen LogP contribution in [0.25, 0.3) is 6.08 Å². The molecule has 1 heterocycles. The van der Waals surface area contributed by atoms with Crippen LogP contribution in [0, 0.1) is 0 Å². The number of nitrogens with zero attached hydrogens (tertiary/aromatic N) is 1. The van der Waals surface area contributed by atoms with Crippen LogP contribution in [0.1, 0.15) is 25.3 Å². The first-order chi connectivity index (χ1) is 14.4. The lowest BCUT2D eigenvalue weighted by molar-refractivity contribution is -0.122. The van der Waals surface area contributed by atoms with Gasteiger partial charge in [0.15, 0.2) is 0 Å². The Morgan fingerprint density at radius 2 is 1.87 bits per heavy atom. The Morgan fingerprint density at radius 1 is 1.17 bits per heavy atom. The first-order valence-electron chi connectivity index (χ1n) is 9.47. The van der Waals surface area contributed by atoms with E-state index in [4.69, 9.17) is 23.8 Å². The number of nitrogens with one attached hydrogen (secondary N) is 1. The van der Waals surface area contributed by atoms with Crippen LogP contribution < -0.4 is 5.32 Å². The van der Waals surface area contributed by atoms with E-state index in [0.29, 0.717) is 32.9 Å². The average Bonchev–Trinajstić information content (AvgIpc) is 2.97. The van der Waals surface area contributed by atoms with Crippen LogP contribution in [-0.2, 0) is 9.59 Å². The molecule has 0 aromatic heterocycles. The molecule has 0 saturated carbocycles. The molecule has 1 saturated heterocycles. The van der Waals surface area contributed by atoms with Gasteiger partial charge >= 0.3 is 0 Å². The van der Waals surface area contributed by atoms with Gasteiger partial charge in [-0.05, 0) is 42.7 Å². The van der Waals surface area contributed by atoms with Crippen molar-refractivity contribution in [3.8, 4) is 0 Å². The summed E-state index contributed by atoms with van der Waals surface area (Å²) in [6.45, 7) is 2.36. The van der Waals surface area contributed by atoms with Crippen LogP contribution in [0.15, 0.2) is 71.2 Å². The number of hydrogen-bond acceptors (Lipinski definition) is 4. The summed E-state index contributed by atoms with van der Waals surface area (Å²) in [5, 5.41) is 3.28. The minimum absolute atomic E-state index is 0.114. The summed E-state index contributed by atoms with van der Waals surface area (Å²) in [5.74, 6) is -0.261. The van der Waals surface area contributed by atoms with Gasteiger partial charge < -0.3 is 5.32 Å². The number of thiocarbonyl (C=S) groups is 1. The zero-order chi connectivity index (χ0) is 21.5. The third-order valence-corrected chi connectivity index (χ3v) is 6.07. The number of carbonyl (C=O) groups is 2. The smallest absolute Gasteiger partial charge is 0.266 e. The average molecular weight is 457 g/mol. The monoisotopic (exact) mass is 456 g/mol. The van der Waals surface area contributed by atoms with Crippen LogP contribution in [0.5, 0.6) is 0 Å². The molecule has 1 fully saturated rings. The lowest BCUT2D eigenvalue weighted by atomic mass is 10.1. The molecule has 0 spiro atoms. The van der Waals surface area contributed by atoms with E-state index in [0.717, 1.165) is 11.1 Å². The number of anilines is 1. The van der Waals surface area contributed by atoms with Crippen molar-refractivity contribution in [1.29, 1.82) is 0 Å². The van der Waals surface area contributed by atoms with Crippen LogP contribution in [0.3, 0.4) is 0 Å². The number of carbonyl (C=O) groups excluding carboxylic acids is 2. The van der Waals surface area contributed by atoms with Gasteiger partial charge in [0.05, 0.1) is 15.6 Å². The second-order valence-corrected chi connectivity index (χ2v) is 8.85. The highest BCUT2D eigenvalue weighted by atomic mass is 35.5. The molecule has 30 heavy (non-hydrogen) atoms. The van der Waals surface area contributed by atoms with Crippen molar-refractivity contribution in [2.24, 2.45) is 0 Å². The van der Waals surface area contributed by atoms with Crippen LogP contribution in [0.4, 0.5) is 5.69 Å². The molecule has 2 aromatic rings. The Labute approximate surface area is 191 Å². The summed E-state index contributed by atoms with van der Waals surface area (Å²) >= 11 is 12.7. The van der Waals surface area contributed by atoms with Gasteiger partial charge in [0.25, 0.3) is 5.91 Å². The molecule has 3 rings (SSSR count). The lowest BCUT2D eigenvalue weighted by Crippen LogP contribution is -2.29. The summed E-state index contributed by atoms with van der Waals surface area (Å²) < 4.78 is 0.519. The van der Waals surface area contributed by atoms with E-state index >= 15 is 0 Å². The zero-order valence-corrected chi connectivity index (χ0v) is 18.8. The summed E-state index contributed by atoms with van der Waals surface area (Å²) in [4.78, 5) is 27.0. The van der Waals surface area contributed by atoms with Crippen molar-refractivity contribution in [1.82, 2.24) is 4.90 Å². The number of halogens is 1. The van der Waals surface area contributed by atoms with E-state index in [9.17, 15) is 9.59 Å². The number of thioether (sulfide) groups is 1. The quantitative estimate of drug-likeness (QED) is 0.416. The second-order valence-electron chi connectivity index (χ2n) is 6.76. The molecule has 2 amide bonds. The van der Waals surface area contributed by atoms with Crippen molar-refractivity contribution in [3.05, 3.63) is 81.7 Å². The first kappa shape index (κ1) is 22.3. The maximum atomic E-state index is 12.7. The van der Waals surface area contributed by atoms with Crippen molar-refractivity contribution >= 4 is 63.5 Å². The number of allylic oxidation sites excluding steroid dienone is 2. The summed E-state index contributed by atoms with van der Waals surface area (Å²) in [7, 11) is 0. The standard InChI is InChI=1S/C23H21ClN2O2S2/c1-16(14-17-8-3-2-4-9-17)15-20-22(28)26(23(29)30-20)13-7-12-21(27)25-19-11-6-5-10-18(19)24/h2-6,8-11,14-15H,7,12-13H2,1H3,(H,25,27)/b16-14+,20-15-. The maximum absolute atomic E-state index is 12.7. The van der Waals surface area contributed by atoms with E-state index < -0.39 is 0 Å². The topological polar surface area (TPSA) is 49.4 Å². The fraction of sp³-hybridized carbons (Fsp3) is 0.174. The van der Waals surface area contributed by atoms with Crippen molar-refractivity contribution in [2.45, 2.75) is 19.8 Å². The third-order valence-electron chi connectivity index (χ3n) is 4.36. The summed E-state index contributed by atoms with van der Waals surface area (Å²) in [5.41, 5.74) is 2.63. The van der Waals surface area contributed by atoms with Gasteiger partial charge in [-0.3, -0.25) is 14.5 Å². The highest BCUT2D eigenvalue weighted by molar-refractivity contribution is 8.26. The molecular weight excluding hydrogens is 436 g/mol. The Bertz CT molecular complexity index is 1020. The van der Waals surface area contributed by atoms with Crippen molar-refractivity contribution in [3.63, 3.8) is 0 Å². The van der Waals surface area contributed by atoms with Gasteiger partial charge in [-0.25, -0.2) is 0 Å². The van der Waals surface area contributed by atoms with E-state index in [1.54, 1.807) is 23.1 Å². The summed E-state index contributed by atoms with van der Waals surface area (Å²) in [6.07, 6.45) is 4.66. The SMILES string of the molecule is CC(/C=C1\SC(=S)N(CCCC(=O)Nc2ccccc2Cl)C1=O)=C\c1ccccc1. The normalized spacial score (nSPS) is 15.7. The van der Waals surface area contributed by atoms with Gasteiger partial charge in [0.1, 0.15) is 4.32 Å². The fourth-order valence-corrected chi connectivity index (χ4v) is 4.47. The number of rotatable bonds is 7. The molecule has 2 aromatic carbocycles. The van der Waals surface area contributed by atoms with Gasteiger partial charge in [-0.2, -0.15) is 0 Å².